The van der Waals surface area contributed by atoms with E-state index in [1.54, 1.807) is 59.7 Å². The van der Waals surface area contributed by atoms with Crippen molar-refractivity contribution in [3.8, 4) is 0 Å². The van der Waals surface area contributed by atoms with Crippen LogP contribution in [0.15, 0.2) is 40.9 Å². The number of piperazine rings is 2. The van der Waals surface area contributed by atoms with E-state index in [0.29, 0.717) is 4.47 Å². The second-order valence-electron chi connectivity index (χ2n) is 13.7. The van der Waals surface area contributed by atoms with E-state index >= 15 is 0 Å². The topological polar surface area (TPSA) is 185 Å². The maximum absolute atomic E-state index is 11.9. The number of amides is 2. The molecule has 2 aliphatic heterocycles. The number of hydrogen-bond acceptors (Lipinski definition) is 12. The molecule has 17 heteroatoms. The number of ether oxygens (including phenoxy) is 2. The Labute approximate surface area is 308 Å². The molecule has 0 atom stereocenters. The molecule has 16 nitrogen and oxygen atoms in total. The van der Waals surface area contributed by atoms with E-state index in [4.69, 9.17) is 9.47 Å². The molecular weight excluding hydrogens is 728 g/mol. The largest absolute Gasteiger partial charge is 0.444 e. The maximum atomic E-state index is 11.9. The van der Waals surface area contributed by atoms with Gasteiger partial charge in [-0.3, -0.25) is 30.9 Å². The third kappa shape index (κ3) is 16.2. The molecule has 2 aliphatic rings. The molecule has 3 N–H and O–H groups in total. The second-order valence-corrected chi connectivity index (χ2v) is 14.7. The van der Waals surface area contributed by atoms with Crippen LogP contribution in [-0.4, -0.2) is 108 Å². The maximum Gasteiger partial charge on any atom is 0.412 e. The van der Waals surface area contributed by atoms with Crippen molar-refractivity contribution in [1.29, 1.82) is 0 Å². The number of carbonyl (C=O) groups is 2. The zero-order chi connectivity index (χ0) is 38.4. The van der Waals surface area contributed by atoms with Crippen LogP contribution in [0, 0.1) is 20.2 Å². The fraction of sp³-hybridized carbons (Fsp3) is 0.588. The van der Waals surface area contributed by atoms with E-state index in [0.717, 1.165) is 38.4 Å². The van der Waals surface area contributed by atoms with Crippen molar-refractivity contribution in [1.82, 2.24) is 15.1 Å². The number of hydrogen-bond donors (Lipinski definition) is 3. The molecule has 284 valence electrons. The lowest BCUT2D eigenvalue weighted by Crippen LogP contribution is -2.46. The Balaban J connectivity index is 0.000000300. The first-order chi connectivity index (χ1) is 23.8. The fourth-order valence-corrected chi connectivity index (χ4v) is 5.26. The summed E-state index contributed by atoms with van der Waals surface area (Å²) in [6.07, 6.45) is -1.44. The Morgan fingerprint density at radius 1 is 0.745 bits per heavy atom. The molecule has 0 saturated carbocycles. The lowest BCUT2D eigenvalue weighted by molar-refractivity contribution is -0.384. The number of nitrogens with one attached hydrogen (secondary N) is 3. The van der Waals surface area contributed by atoms with Crippen LogP contribution in [0.25, 0.3) is 0 Å². The zero-order valence-corrected chi connectivity index (χ0v) is 32.5. The summed E-state index contributed by atoms with van der Waals surface area (Å²) in [5, 5.41) is 30.4. The number of carbonyl (C=O) groups excluding carboxylic acids is 2. The number of benzene rings is 2. The van der Waals surface area contributed by atoms with Gasteiger partial charge in [0.05, 0.1) is 9.85 Å². The molecule has 0 aromatic heterocycles. The van der Waals surface area contributed by atoms with Crippen molar-refractivity contribution in [2.45, 2.75) is 66.6 Å². The van der Waals surface area contributed by atoms with Gasteiger partial charge in [0.2, 0.25) is 0 Å². The van der Waals surface area contributed by atoms with E-state index in [1.165, 1.54) is 50.9 Å². The summed E-state index contributed by atoms with van der Waals surface area (Å²) in [5.74, 6) is 0. The summed E-state index contributed by atoms with van der Waals surface area (Å²) < 4.78 is 10.7. The first kappa shape index (κ1) is 43.1. The lowest BCUT2D eigenvalue weighted by Gasteiger charge is -2.35. The first-order valence-corrected chi connectivity index (χ1v) is 17.7. The van der Waals surface area contributed by atoms with Gasteiger partial charge in [-0.25, -0.2) is 9.59 Å². The summed E-state index contributed by atoms with van der Waals surface area (Å²) in [4.78, 5) is 51.5. The van der Waals surface area contributed by atoms with Gasteiger partial charge in [-0.15, -0.1) is 0 Å². The third-order valence-electron chi connectivity index (χ3n) is 7.45. The monoisotopic (exact) mass is 780 g/mol. The van der Waals surface area contributed by atoms with E-state index in [1.807, 2.05) is 0 Å². The van der Waals surface area contributed by atoms with Gasteiger partial charge < -0.3 is 29.5 Å². The van der Waals surface area contributed by atoms with Crippen molar-refractivity contribution in [3.63, 3.8) is 0 Å². The van der Waals surface area contributed by atoms with E-state index < -0.39 is 33.2 Å². The minimum atomic E-state index is -0.729. The summed E-state index contributed by atoms with van der Waals surface area (Å²) in [6.45, 7) is 25.2. The molecule has 2 aromatic carbocycles. The van der Waals surface area contributed by atoms with Crippen molar-refractivity contribution in [2.75, 3.05) is 81.0 Å². The number of nitrogens with zero attached hydrogens (tertiary/aromatic N) is 5. The van der Waals surface area contributed by atoms with Gasteiger partial charge in [0.15, 0.2) is 0 Å². The van der Waals surface area contributed by atoms with E-state index in [9.17, 15) is 29.8 Å². The predicted octanol–water partition coefficient (Wildman–Crippen LogP) is 6.70. The van der Waals surface area contributed by atoms with Crippen LogP contribution in [0.4, 0.5) is 38.0 Å². The highest BCUT2D eigenvalue weighted by Crippen LogP contribution is 2.31. The van der Waals surface area contributed by atoms with Crippen LogP contribution in [0.2, 0.25) is 0 Å². The zero-order valence-electron chi connectivity index (χ0n) is 30.9. The second kappa shape index (κ2) is 20.1. The standard InChI is InChI=1S/C17H26N4O4.C11H13BrN2O4.C6H14N2/c1-5-19-8-10-20(11-9-19)13-6-7-14(15(12-13)21(23)24)18-16(22)25-17(2,3)4;1-11(2,3)18-10(15)13-8-5-4-7(12)6-9(8)14(16)17;1-2-8-5-3-7-4-6-8/h6-7,12H,5,8-11H2,1-4H3,(H,18,22);4-6H,1-3H3,(H,13,15);7H,2-6H2,1H3. The summed E-state index contributed by atoms with van der Waals surface area (Å²) in [5.41, 5.74) is -0.646. The summed E-state index contributed by atoms with van der Waals surface area (Å²) in [7, 11) is 0. The average Bonchev–Trinajstić information content (AvgIpc) is 3.05. The highest BCUT2D eigenvalue weighted by atomic mass is 79.9. The number of halogens is 1. The Hall–Kier alpha value is -4.06. The van der Waals surface area contributed by atoms with Crippen molar-refractivity contribution in [3.05, 3.63) is 61.1 Å². The van der Waals surface area contributed by atoms with Crippen LogP contribution in [0.1, 0.15) is 55.4 Å². The molecule has 2 heterocycles. The molecule has 4 rings (SSSR count). The van der Waals surface area contributed by atoms with Crippen molar-refractivity contribution >= 4 is 56.6 Å². The summed E-state index contributed by atoms with van der Waals surface area (Å²) >= 11 is 3.13. The quantitative estimate of drug-likeness (QED) is 0.200. The molecule has 2 fully saturated rings. The average molecular weight is 782 g/mol. The van der Waals surface area contributed by atoms with Gasteiger partial charge in [-0.05, 0) is 78.9 Å². The number of nitro benzene ring substituents is 2. The highest BCUT2D eigenvalue weighted by Gasteiger charge is 2.24. The fourth-order valence-electron chi connectivity index (χ4n) is 4.91. The first-order valence-electron chi connectivity index (χ1n) is 16.9. The smallest absolute Gasteiger partial charge is 0.412 e. The normalized spacial score (nSPS) is 15.3. The molecule has 2 amide bonds. The Morgan fingerprint density at radius 2 is 1.18 bits per heavy atom. The highest BCUT2D eigenvalue weighted by molar-refractivity contribution is 9.10. The van der Waals surface area contributed by atoms with Gasteiger partial charge in [0.25, 0.3) is 11.4 Å². The van der Waals surface area contributed by atoms with Gasteiger partial charge >= 0.3 is 12.2 Å². The minimum absolute atomic E-state index is 0.0949. The van der Waals surface area contributed by atoms with Gasteiger partial charge in [0.1, 0.15) is 22.6 Å². The summed E-state index contributed by atoms with van der Waals surface area (Å²) in [6, 6.07) is 9.21. The molecule has 0 spiro atoms. The van der Waals surface area contributed by atoms with Crippen LogP contribution < -0.4 is 20.9 Å². The van der Waals surface area contributed by atoms with Gasteiger partial charge in [0, 0.05) is 74.7 Å². The Morgan fingerprint density at radius 3 is 1.59 bits per heavy atom. The van der Waals surface area contributed by atoms with Crippen LogP contribution in [0.5, 0.6) is 0 Å². The molecule has 2 aromatic rings. The third-order valence-corrected chi connectivity index (χ3v) is 7.94. The molecule has 0 bridgehead atoms. The number of anilines is 3. The number of nitro groups is 2. The van der Waals surface area contributed by atoms with E-state index in [-0.39, 0.29) is 22.7 Å². The SMILES string of the molecule is CC(C)(C)OC(=O)Nc1ccc(Br)cc1[N+](=O)[O-].CCN1CCN(c2ccc(NC(=O)OC(C)(C)C)c([N+](=O)[O-])c2)CC1.CCN1CCNCC1. The lowest BCUT2D eigenvalue weighted by atomic mass is 10.2. The molecular formula is C34H53BrN8O8. The molecule has 0 unspecified atom stereocenters. The molecule has 0 aliphatic carbocycles. The molecule has 51 heavy (non-hydrogen) atoms. The molecule has 2 saturated heterocycles. The van der Waals surface area contributed by atoms with Gasteiger partial charge in [-0.1, -0.05) is 29.8 Å². The van der Waals surface area contributed by atoms with E-state index in [2.05, 4.69) is 60.4 Å². The van der Waals surface area contributed by atoms with Crippen molar-refractivity contribution in [2.24, 2.45) is 0 Å². The Bertz CT molecular complexity index is 1470. The van der Waals surface area contributed by atoms with Crippen LogP contribution in [-0.2, 0) is 9.47 Å². The van der Waals surface area contributed by atoms with Crippen molar-refractivity contribution < 1.29 is 28.9 Å². The van der Waals surface area contributed by atoms with Crippen LogP contribution >= 0.6 is 15.9 Å². The van der Waals surface area contributed by atoms with Gasteiger partial charge in [-0.2, -0.15) is 0 Å². The predicted molar refractivity (Wildman–Crippen MR) is 203 cm³/mol. The number of likely N-dealkylation sites (N-methyl/N-ethyl adjacent to an activating group) is 2. The minimum Gasteiger partial charge on any atom is -0.444 e. The molecule has 0 radical (unpaired) electrons. The Kier molecular flexibility index (Phi) is 17.0. The number of rotatable bonds is 7. The van der Waals surface area contributed by atoms with Crippen LogP contribution in [0.3, 0.4) is 0 Å².